The number of alkyl carbamates (subject to hydrolysis) is 1. The molecule has 2 aromatic carbocycles. The molecule has 8 heteroatoms. The zero-order valence-corrected chi connectivity index (χ0v) is 17.9. The van der Waals surface area contributed by atoms with E-state index in [-0.39, 0.29) is 13.0 Å². The fourth-order valence-corrected chi connectivity index (χ4v) is 3.16. The topological polar surface area (TPSA) is 131 Å². The van der Waals surface area contributed by atoms with Crippen molar-refractivity contribution in [3.8, 4) is 0 Å². The molecular formula is C23H29N3O5. The van der Waals surface area contributed by atoms with Gasteiger partial charge < -0.3 is 26.2 Å². The van der Waals surface area contributed by atoms with Crippen molar-refractivity contribution < 1.29 is 24.2 Å². The van der Waals surface area contributed by atoms with E-state index in [1.807, 2.05) is 50.2 Å². The van der Waals surface area contributed by atoms with Crippen LogP contribution in [0.1, 0.15) is 29.2 Å². The van der Waals surface area contributed by atoms with Crippen molar-refractivity contribution in [2.75, 3.05) is 0 Å². The number of ether oxygens (including phenoxy) is 1. The van der Waals surface area contributed by atoms with Gasteiger partial charge in [-0.2, -0.15) is 0 Å². The van der Waals surface area contributed by atoms with E-state index in [0.29, 0.717) is 0 Å². The maximum Gasteiger partial charge on any atom is 0.408 e. The van der Waals surface area contributed by atoms with Gasteiger partial charge >= 0.3 is 6.09 Å². The zero-order valence-electron chi connectivity index (χ0n) is 17.9. The van der Waals surface area contributed by atoms with Crippen LogP contribution in [0.4, 0.5) is 4.79 Å². The molecule has 0 fully saturated rings. The minimum atomic E-state index is -1.32. The molecular weight excluding hydrogens is 398 g/mol. The lowest BCUT2D eigenvalue weighted by Crippen LogP contribution is -2.57. The lowest BCUT2D eigenvalue weighted by molar-refractivity contribution is -0.130. The highest BCUT2D eigenvalue weighted by Crippen LogP contribution is 2.15. The number of amides is 3. The van der Waals surface area contributed by atoms with Gasteiger partial charge in [-0.05, 0) is 43.0 Å². The number of carbonyl (C=O) groups excluding carboxylic acids is 3. The van der Waals surface area contributed by atoms with E-state index in [0.717, 1.165) is 22.3 Å². The molecule has 0 saturated heterocycles. The minimum absolute atomic E-state index is 0.0112. The van der Waals surface area contributed by atoms with Crippen molar-refractivity contribution in [3.05, 3.63) is 70.8 Å². The van der Waals surface area contributed by atoms with Crippen molar-refractivity contribution in [2.24, 2.45) is 5.73 Å². The van der Waals surface area contributed by atoms with Crippen LogP contribution in [0.3, 0.4) is 0 Å². The van der Waals surface area contributed by atoms with E-state index in [1.165, 1.54) is 6.92 Å². The highest BCUT2D eigenvalue weighted by Gasteiger charge is 2.30. The molecule has 0 unspecified atom stereocenters. The quantitative estimate of drug-likeness (QED) is 0.482. The molecule has 0 aliphatic heterocycles. The van der Waals surface area contributed by atoms with Gasteiger partial charge in [0.15, 0.2) is 0 Å². The summed E-state index contributed by atoms with van der Waals surface area (Å²) in [6.07, 6.45) is -1.89. The number of aliphatic hydroxyl groups is 1. The van der Waals surface area contributed by atoms with Gasteiger partial charge in [-0.15, -0.1) is 0 Å². The van der Waals surface area contributed by atoms with Crippen LogP contribution in [-0.2, 0) is 27.4 Å². The smallest absolute Gasteiger partial charge is 0.408 e. The molecule has 0 saturated carbocycles. The van der Waals surface area contributed by atoms with E-state index < -0.39 is 36.1 Å². The molecule has 0 spiro atoms. The summed E-state index contributed by atoms with van der Waals surface area (Å²) in [6, 6.07) is 12.4. The van der Waals surface area contributed by atoms with Gasteiger partial charge in [-0.3, -0.25) is 9.59 Å². The van der Waals surface area contributed by atoms with Gasteiger partial charge in [0.25, 0.3) is 0 Å². The van der Waals surface area contributed by atoms with E-state index in [2.05, 4.69) is 10.6 Å². The minimum Gasteiger partial charge on any atom is -0.445 e. The molecule has 2 aromatic rings. The van der Waals surface area contributed by atoms with Crippen LogP contribution in [0.2, 0.25) is 0 Å². The predicted octanol–water partition coefficient (Wildman–Crippen LogP) is 1.49. The second-order valence-electron chi connectivity index (χ2n) is 7.46. The number of nitrogens with one attached hydrogen (secondary N) is 2. The molecule has 31 heavy (non-hydrogen) atoms. The van der Waals surface area contributed by atoms with Crippen LogP contribution < -0.4 is 16.4 Å². The number of benzene rings is 2. The summed E-state index contributed by atoms with van der Waals surface area (Å²) in [5.41, 5.74) is 9.10. The van der Waals surface area contributed by atoms with Gasteiger partial charge in [-0.25, -0.2) is 4.79 Å². The molecule has 166 valence electrons. The van der Waals surface area contributed by atoms with Crippen LogP contribution in [0.15, 0.2) is 48.5 Å². The highest BCUT2D eigenvalue weighted by atomic mass is 16.5. The maximum atomic E-state index is 12.7. The van der Waals surface area contributed by atoms with Crippen molar-refractivity contribution in [1.82, 2.24) is 10.6 Å². The average molecular weight is 428 g/mol. The number of hydrogen-bond acceptors (Lipinski definition) is 5. The Bertz CT molecular complexity index is 894. The SMILES string of the molecule is Cc1cccc(C)c1C[C@H](NC(=O)[C@@H](NC(=O)OCc1ccccc1)[C@@H](C)O)C(N)=O. The summed E-state index contributed by atoms with van der Waals surface area (Å²) < 4.78 is 5.11. The summed E-state index contributed by atoms with van der Waals surface area (Å²) >= 11 is 0. The van der Waals surface area contributed by atoms with Gasteiger partial charge in [0.1, 0.15) is 18.7 Å². The molecule has 5 N–H and O–H groups in total. The second-order valence-corrected chi connectivity index (χ2v) is 7.46. The van der Waals surface area contributed by atoms with Crippen molar-refractivity contribution >= 4 is 17.9 Å². The van der Waals surface area contributed by atoms with Gasteiger partial charge in [0.2, 0.25) is 11.8 Å². The van der Waals surface area contributed by atoms with Crippen LogP contribution in [0.25, 0.3) is 0 Å². The van der Waals surface area contributed by atoms with Crippen LogP contribution in [0.5, 0.6) is 0 Å². The first-order valence-electron chi connectivity index (χ1n) is 9.99. The molecule has 0 radical (unpaired) electrons. The number of primary amides is 1. The second kappa shape index (κ2) is 11.1. The molecule has 0 aliphatic rings. The monoisotopic (exact) mass is 427 g/mol. The molecule has 0 aliphatic carbocycles. The summed E-state index contributed by atoms with van der Waals surface area (Å²) in [7, 11) is 0. The first kappa shape index (κ1) is 23.9. The maximum absolute atomic E-state index is 12.7. The van der Waals surface area contributed by atoms with Crippen LogP contribution in [0, 0.1) is 13.8 Å². The van der Waals surface area contributed by atoms with Crippen molar-refractivity contribution in [3.63, 3.8) is 0 Å². The lowest BCUT2D eigenvalue weighted by Gasteiger charge is -2.24. The largest absolute Gasteiger partial charge is 0.445 e. The van der Waals surface area contributed by atoms with E-state index >= 15 is 0 Å². The number of carbonyl (C=O) groups is 3. The molecule has 0 aromatic heterocycles. The molecule has 3 amide bonds. The standard InChI is InChI=1S/C23H29N3O5/c1-14-8-7-9-15(2)18(14)12-19(21(24)28)25-22(29)20(16(3)27)26-23(30)31-13-17-10-5-4-6-11-17/h4-11,16,19-20,27H,12-13H2,1-3H3,(H2,24,28)(H,25,29)(H,26,30)/t16-,19+,20+/m1/s1. The van der Waals surface area contributed by atoms with E-state index in [4.69, 9.17) is 10.5 Å². The van der Waals surface area contributed by atoms with E-state index in [1.54, 1.807) is 12.1 Å². The molecule has 0 heterocycles. The third kappa shape index (κ3) is 7.11. The Morgan fingerprint density at radius 3 is 2.16 bits per heavy atom. The number of aryl methyl sites for hydroxylation is 2. The fourth-order valence-electron chi connectivity index (χ4n) is 3.16. The fraction of sp³-hybridized carbons (Fsp3) is 0.348. The van der Waals surface area contributed by atoms with Crippen molar-refractivity contribution in [1.29, 1.82) is 0 Å². The summed E-state index contributed by atoms with van der Waals surface area (Å²) in [4.78, 5) is 36.8. The Hall–Kier alpha value is -3.39. The Kier molecular flexibility index (Phi) is 8.57. The van der Waals surface area contributed by atoms with Crippen LogP contribution in [-0.4, -0.2) is 41.2 Å². The van der Waals surface area contributed by atoms with Crippen molar-refractivity contribution in [2.45, 2.75) is 52.0 Å². The van der Waals surface area contributed by atoms with Crippen LogP contribution >= 0.6 is 0 Å². The number of rotatable bonds is 9. The summed E-state index contributed by atoms with van der Waals surface area (Å²) in [5, 5.41) is 14.9. The van der Waals surface area contributed by atoms with Gasteiger partial charge in [0, 0.05) is 6.42 Å². The Morgan fingerprint density at radius 1 is 1.00 bits per heavy atom. The Labute approximate surface area is 181 Å². The normalized spacial score (nSPS) is 13.5. The Morgan fingerprint density at radius 2 is 1.61 bits per heavy atom. The third-order valence-corrected chi connectivity index (χ3v) is 4.96. The zero-order chi connectivity index (χ0) is 23.0. The molecule has 8 nitrogen and oxygen atoms in total. The first-order chi connectivity index (χ1) is 14.7. The Balaban J connectivity index is 2.03. The van der Waals surface area contributed by atoms with Gasteiger partial charge in [0.05, 0.1) is 6.10 Å². The van der Waals surface area contributed by atoms with E-state index in [9.17, 15) is 19.5 Å². The summed E-state index contributed by atoms with van der Waals surface area (Å²) in [5.74, 6) is -1.45. The molecule has 2 rings (SSSR count). The predicted molar refractivity (Wildman–Crippen MR) is 116 cm³/mol. The third-order valence-electron chi connectivity index (χ3n) is 4.96. The highest BCUT2D eigenvalue weighted by molar-refractivity contribution is 5.91. The molecule has 3 atom stereocenters. The number of hydrogen-bond donors (Lipinski definition) is 4. The first-order valence-corrected chi connectivity index (χ1v) is 9.99. The van der Waals surface area contributed by atoms with Gasteiger partial charge in [-0.1, -0.05) is 48.5 Å². The molecule has 0 bridgehead atoms. The average Bonchev–Trinajstić information content (AvgIpc) is 2.72. The number of nitrogens with two attached hydrogens (primary N) is 1. The number of aliphatic hydroxyl groups excluding tert-OH is 1. The summed E-state index contributed by atoms with van der Waals surface area (Å²) in [6.45, 7) is 5.18. The lowest BCUT2D eigenvalue weighted by atomic mass is 9.96.